The van der Waals surface area contributed by atoms with Crippen molar-refractivity contribution in [1.82, 2.24) is 0 Å². The molecule has 0 unspecified atom stereocenters. The first kappa shape index (κ1) is 13.4. The maximum atomic E-state index is 11.9. The van der Waals surface area contributed by atoms with Gasteiger partial charge in [-0.15, -0.1) is 0 Å². The van der Waals surface area contributed by atoms with E-state index in [1.165, 1.54) is 0 Å². The van der Waals surface area contributed by atoms with E-state index >= 15 is 0 Å². The molecule has 2 rings (SSSR count). The van der Waals surface area contributed by atoms with E-state index in [2.05, 4.69) is 15.9 Å². The number of halogens is 1. The van der Waals surface area contributed by atoms with Gasteiger partial charge < -0.3 is 9.47 Å². The molecule has 0 bridgehead atoms. The van der Waals surface area contributed by atoms with Crippen molar-refractivity contribution in [3.63, 3.8) is 0 Å². The molecule has 0 aliphatic carbocycles. The molecular formula is C14H17BrO3. The van der Waals surface area contributed by atoms with Crippen molar-refractivity contribution in [1.29, 1.82) is 0 Å². The number of fused-ring (bicyclic) bond motifs is 1. The summed E-state index contributed by atoms with van der Waals surface area (Å²) in [5.41, 5.74) is 0.657. The van der Waals surface area contributed by atoms with E-state index in [1.54, 1.807) is 0 Å². The average Bonchev–Trinajstić information content (AvgIpc) is 2.26. The van der Waals surface area contributed by atoms with Gasteiger partial charge in [-0.3, -0.25) is 0 Å². The largest absolute Gasteiger partial charge is 0.478 e. The van der Waals surface area contributed by atoms with Crippen molar-refractivity contribution < 1.29 is 14.3 Å². The Balaban J connectivity index is 2.08. The maximum Gasteiger partial charge on any atom is 0.347 e. The predicted molar refractivity (Wildman–Crippen MR) is 72.7 cm³/mol. The molecule has 1 heterocycles. The fraction of sp³-hybridized carbons (Fsp3) is 0.500. The monoisotopic (exact) mass is 312 g/mol. The minimum absolute atomic E-state index is 0.281. The Morgan fingerprint density at radius 2 is 2.17 bits per heavy atom. The van der Waals surface area contributed by atoms with E-state index in [-0.39, 0.29) is 5.97 Å². The lowest BCUT2D eigenvalue weighted by atomic mass is 10.0. The van der Waals surface area contributed by atoms with E-state index in [0.717, 1.165) is 22.2 Å². The van der Waals surface area contributed by atoms with Crippen LogP contribution in [0.1, 0.15) is 32.8 Å². The summed E-state index contributed by atoms with van der Waals surface area (Å²) in [6.07, 6.45) is 1.01. The van der Waals surface area contributed by atoms with Crippen LogP contribution in [0.15, 0.2) is 22.7 Å². The average molecular weight is 313 g/mol. The van der Waals surface area contributed by atoms with E-state index < -0.39 is 11.7 Å². The molecule has 1 aromatic rings. The molecule has 98 valence electrons. The molecule has 0 saturated carbocycles. The van der Waals surface area contributed by atoms with Crippen LogP contribution in [0, 0.1) is 0 Å². The van der Waals surface area contributed by atoms with Gasteiger partial charge in [0.05, 0.1) is 0 Å². The lowest BCUT2D eigenvalue weighted by Gasteiger charge is -2.28. The van der Waals surface area contributed by atoms with Gasteiger partial charge in [-0.1, -0.05) is 15.9 Å². The number of carbonyl (C=O) groups is 1. The van der Waals surface area contributed by atoms with Crippen LogP contribution in [-0.2, 0) is 16.0 Å². The molecule has 1 aliphatic heterocycles. The molecular weight excluding hydrogens is 296 g/mol. The van der Waals surface area contributed by atoms with Gasteiger partial charge in [0.15, 0.2) is 6.10 Å². The third kappa shape index (κ3) is 3.25. The second-order valence-electron chi connectivity index (χ2n) is 5.43. The summed E-state index contributed by atoms with van der Waals surface area (Å²) in [7, 11) is 0. The molecule has 18 heavy (non-hydrogen) atoms. The first-order valence-corrected chi connectivity index (χ1v) is 6.82. The third-order valence-electron chi connectivity index (χ3n) is 2.64. The van der Waals surface area contributed by atoms with Crippen LogP contribution in [0.3, 0.4) is 0 Å². The number of esters is 1. The molecule has 1 aromatic carbocycles. The van der Waals surface area contributed by atoms with Gasteiger partial charge in [-0.05, 0) is 57.4 Å². The van der Waals surface area contributed by atoms with E-state index in [1.807, 2.05) is 39.0 Å². The van der Waals surface area contributed by atoms with Crippen molar-refractivity contribution in [3.05, 3.63) is 28.2 Å². The van der Waals surface area contributed by atoms with Gasteiger partial charge in [0.1, 0.15) is 11.4 Å². The number of rotatable bonds is 1. The minimum Gasteiger partial charge on any atom is -0.478 e. The quantitative estimate of drug-likeness (QED) is 0.745. The lowest BCUT2D eigenvalue weighted by molar-refractivity contribution is -0.164. The molecule has 0 radical (unpaired) electrons. The minimum atomic E-state index is -0.488. The summed E-state index contributed by atoms with van der Waals surface area (Å²) in [6.45, 7) is 5.58. The van der Waals surface area contributed by atoms with Crippen LogP contribution < -0.4 is 4.74 Å². The smallest absolute Gasteiger partial charge is 0.347 e. The molecule has 4 heteroatoms. The summed E-state index contributed by atoms with van der Waals surface area (Å²) < 4.78 is 12.1. The zero-order chi connectivity index (χ0) is 13.3. The standard InChI is InChI=1S/C14H17BrO3/c1-14(2,3)18-13(16)12-6-4-9-8-10(15)5-7-11(9)17-12/h5,7-8,12H,4,6H2,1-3H3/t12-/m0/s1. The zero-order valence-corrected chi connectivity index (χ0v) is 12.4. The van der Waals surface area contributed by atoms with Crippen LogP contribution in [-0.4, -0.2) is 17.7 Å². The lowest BCUT2D eigenvalue weighted by Crippen LogP contribution is -2.37. The van der Waals surface area contributed by atoms with Crippen molar-refractivity contribution in [2.45, 2.75) is 45.3 Å². The Labute approximate surface area is 116 Å². The van der Waals surface area contributed by atoms with Gasteiger partial charge in [0.25, 0.3) is 0 Å². The Hall–Kier alpha value is -1.03. The Morgan fingerprint density at radius 1 is 1.44 bits per heavy atom. The second kappa shape index (κ2) is 4.92. The molecule has 3 nitrogen and oxygen atoms in total. The Bertz CT molecular complexity index is 463. The third-order valence-corrected chi connectivity index (χ3v) is 3.13. The number of benzene rings is 1. The Morgan fingerprint density at radius 3 is 2.83 bits per heavy atom. The van der Waals surface area contributed by atoms with Crippen molar-refractivity contribution in [3.8, 4) is 5.75 Å². The normalized spacial score (nSPS) is 18.8. The van der Waals surface area contributed by atoms with Crippen LogP contribution in [0.25, 0.3) is 0 Å². The van der Waals surface area contributed by atoms with Crippen LogP contribution in [0.4, 0.5) is 0 Å². The number of carbonyl (C=O) groups excluding carboxylic acids is 1. The van der Waals surface area contributed by atoms with Crippen LogP contribution in [0.5, 0.6) is 5.75 Å². The predicted octanol–water partition coefficient (Wildman–Crippen LogP) is 3.48. The molecule has 0 aromatic heterocycles. The van der Waals surface area contributed by atoms with Crippen molar-refractivity contribution in [2.24, 2.45) is 0 Å². The highest BCUT2D eigenvalue weighted by Crippen LogP contribution is 2.30. The molecule has 0 saturated heterocycles. The maximum absolute atomic E-state index is 11.9. The SMILES string of the molecule is CC(C)(C)OC(=O)[C@@H]1CCc2cc(Br)ccc2O1. The molecule has 0 N–H and O–H groups in total. The highest BCUT2D eigenvalue weighted by atomic mass is 79.9. The van der Waals surface area contributed by atoms with Gasteiger partial charge in [0.2, 0.25) is 0 Å². The topological polar surface area (TPSA) is 35.5 Å². The zero-order valence-electron chi connectivity index (χ0n) is 10.8. The molecule has 0 fully saturated rings. The summed E-state index contributed by atoms with van der Waals surface area (Å²) in [5, 5.41) is 0. The van der Waals surface area contributed by atoms with Crippen LogP contribution >= 0.6 is 15.9 Å². The number of ether oxygens (including phenoxy) is 2. The highest BCUT2D eigenvalue weighted by Gasteiger charge is 2.30. The Kier molecular flexibility index (Phi) is 3.66. The van der Waals surface area contributed by atoms with E-state index in [4.69, 9.17) is 9.47 Å². The number of hydrogen-bond donors (Lipinski definition) is 0. The fourth-order valence-electron chi connectivity index (χ4n) is 1.89. The van der Waals surface area contributed by atoms with E-state index in [9.17, 15) is 4.79 Å². The fourth-order valence-corrected chi connectivity index (χ4v) is 2.30. The van der Waals surface area contributed by atoms with Crippen molar-refractivity contribution >= 4 is 21.9 Å². The molecule has 0 amide bonds. The molecule has 0 spiro atoms. The second-order valence-corrected chi connectivity index (χ2v) is 6.35. The first-order chi connectivity index (χ1) is 8.35. The van der Waals surface area contributed by atoms with Crippen LogP contribution in [0.2, 0.25) is 0 Å². The first-order valence-electron chi connectivity index (χ1n) is 6.03. The van der Waals surface area contributed by atoms with Gasteiger partial charge >= 0.3 is 5.97 Å². The summed E-state index contributed by atoms with van der Waals surface area (Å²) in [6, 6.07) is 5.83. The summed E-state index contributed by atoms with van der Waals surface area (Å²) in [5.74, 6) is 0.497. The summed E-state index contributed by atoms with van der Waals surface area (Å²) in [4.78, 5) is 11.9. The van der Waals surface area contributed by atoms with Gasteiger partial charge in [-0.25, -0.2) is 4.79 Å². The van der Waals surface area contributed by atoms with Crippen molar-refractivity contribution in [2.75, 3.05) is 0 Å². The highest BCUT2D eigenvalue weighted by molar-refractivity contribution is 9.10. The summed E-state index contributed by atoms with van der Waals surface area (Å²) >= 11 is 3.43. The number of hydrogen-bond acceptors (Lipinski definition) is 3. The van der Waals surface area contributed by atoms with E-state index in [0.29, 0.717) is 6.42 Å². The number of aryl methyl sites for hydroxylation is 1. The molecule has 1 aliphatic rings. The van der Waals surface area contributed by atoms with Gasteiger partial charge in [0, 0.05) is 4.47 Å². The van der Waals surface area contributed by atoms with Gasteiger partial charge in [-0.2, -0.15) is 0 Å². The molecule has 1 atom stereocenters.